The SMILES string of the molecule is CC(=O)N[C@H](CNC(=O)[C@@H](C)CC(=O)OC(C)(C)C)Cc1ccccc1. The van der Waals surface area contributed by atoms with Gasteiger partial charge in [0.05, 0.1) is 12.5 Å². The summed E-state index contributed by atoms with van der Waals surface area (Å²) in [4.78, 5) is 35.5. The Balaban J connectivity index is 2.54. The second-order valence-electron chi connectivity index (χ2n) is 7.52. The van der Waals surface area contributed by atoms with Crippen LogP contribution in [0.5, 0.6) is 0 Å². The second kappa shape index (κ2) is 9.94. The van der Waals surface area contributed by atoms with Gasteiger partial charge in [-0.1, -0.05) is 37.3 Å². The number of benzene rings is 1. The van der Waals surface area contributed by atoms with Crippen LogP contribution in [-0.2, 0) is 25.5 Å². The monoisotopic (exact) mass is 362 g/mol. The number of hydrogen-bond donors (Lipinski definition) is 2. The van der Waals surface area contributed by atoms with E-state index in [2.05, 4.69) is 10.6 Å². The molecule has 2 N–H and O–H groups in total. The predicted molar refractivity (Wildman–Crippen MR) is 100 cm³/mol. The topological polar surface area (TPSA) is 84.5 Å². The second-order valence-corrected chi connectivity index (χ2v) is 7.52. The van der Waals surface area contributed by atoms with Gasteiger partial charge in [-0.15, -0.1) is 0 Å². The minimum Gasteiger partial charge on any atom is -0.460 e. The van der Waals surface area contributed by atoms with E-state index < -0.39 is 17.5 Å². The van der Waals surface area contributed by atoms with Crippen LogP contribution in [0, 0.1) is 5.92 Å². The van der Waals surface area contributed by atoms with E-state index in [0.717, 1.165) is 5.56 Å². The first-order valence-corrected chi connectivity index (χ1v) is 8.87. The molecule has 0 heterocycles. The molecule has 1 rings (SSSR count). The highest BCUT2D eigenvalue weighted by Gasteiger charge is 2.22. The quantitative estimate of drug-likeness (QED) is 0.695. The standard InChI is InChI=1S/C20H30N2O4/c1-14(11-18(24)26-20(3,4)5)19(25)21-13-17(22-15(2)23)12-16-9-7-6-8-10-16/h6-10,14,17H,11-13H2,1-5H3,(H,21,25)(H,22,23)/t14-,17-/m0/s1. The number of hydrogen-bond acceptors (Lipinski definition) is 4. The number of nitrogens with one attached hydrogen (secondary N) is 2. The third kappa shape index (κ3) is 9.20. The molecule has 1 aromatic carbocycles. The van der Waals surface area contributed by atoms with Crippen LogP contribution in [0.3, 0.4) is 0 Å². The summed E-state index contributed by atoms with van der Waals surface area (Å²) in [5.74, 6) is -1.29. The van der Waals surface area contributed by atoms with Gasteiger partial charge in [0.25, 0.3) is 0 Å². The minimum atomic E-state index is -0.570. The molecule has 0 aromatic heterocycles. The lowest BCUT2D eigenvalue weighted by molar-refractivity contribution is -0.157. The minimum absolute atomic E-state index is 0.0204. The number of ether oxygens (including phenoxy) is 1. The first-order chi connectivity index (χ1) is 12.1. The van der Waals surface area contributed by atoms with Crippen molar-refractivity contribution >= 4 is 17.8 Å². The highest BCUT2D eigenvalue weighted by Crippen LogP contribution is 2.12. The number of rotatable bonds is 8. The van der Waals surface area contributed by atoms with E-state index >= 15 is 0 Å². The Morgan fingerprint density at radius 1 is 1.12 bits per heavy atom. The molecule has 144 valence electrons. The van der Waals surface area contributed by atoms with Gasteiger partial charge in [0.2, 0.25) is 11.8 Å². The molecule has 0 radical (unpaired) electrons. The molecule has 26 heavy (non-hydrogen) atoms. The lowest BCUT2D eigenvalue weighted by atomic mass is 10.0. The van der Waals surface area contributed by atoms with Gasteiger partial charge in [-0.2, -0.15) is 0 Å². The van der Waals surface area contributed by atoms with Gasteiger partial charge in [-0.25, -0.2) is 0 Å². The Morgan fingerprint density at radius 2 is 1.73 bits per heavy atom. The summed E-state index contributed by atoms with van der Waals surface area (Å²) < 4.78 is 5.24. The fourth-order valence-electron chi connectivity index (χ4n) is 2.48. The zero-order valence-electron chi connectivity index (χ0n) is 16.3. The van der Waals surface area contributed by atoms with Crippen LogP contribution in [0.4, 0.5) is 0 Å². The maximum Gasteiger partial charge on any atom is 0.307 e. The summed E-state index contributed by atoms with van der Waals surface area (Å²) in [7, 11) is 0. The first-order valence-electron chi connectivity index (χ1n) is 8.87. The number of esters is 1. The smallest absolute Gasteiger partial charge is 0.307 e. The van der Waals surface area contributed by atoms with Crippen LogP contribution in [0.25, 0.3) is 0 Å². The summed E-state index contributed by atoms with van der Waals surface area (Å²) in [5.41, 5.74) is 0.502. The fourth-order valence-corrected chi connectivity index (χ4v) is 2.48. The number of carbonyl (C=O) groups is 3. The molecule has 0 saturated heterocycles. The van der Waals surface area contributed by atoms with Crippen molar-refractivity contribution in [1.29, 1.82) is 0 Å². The van der Waals surface area contributed by atoms with Crippen molar-refractivity contribution in [1.82, 2.24) is 10.6 Å². The maximum atomic E-state index is 12.3. The Bertz CT molecular complexity index is 608. The zero-order chi connectivity index (χ0) is 19.7. The van der Waals surface area contributed by atoms with E-state index in [1.165, 1.54) is 6.92 Å². The molecule has 0 spiro atoms. The summed E-state index contributed by atoms with van der Waals surface area (Å²) >= 11 is 0. The summed E-state index contributed by atoms with van der Waals surface area (Å²) in [6.45, 7) is 8.80. The molecule has 1 aromatic rings. The number of amides is 2. The first kappa shape index (κ1) is 21.7. The molecule has 0 aliphatic carbocycles. The van der Waals surface area contributed by atoms with Crippen molar-refractivity contribution in [3.8, 4) is 0 Å². The molecule has 0 aliphatic rings. The van der Waals surface area contributed by atoms with Crippen LogP contribution >= 0.6 is 0 Å². The van der Waals surface area contributed by atoms with Gasteiger partial charge in [0.15, 0.2) is 0 Å². The number of carbonyl (C=O) groups excluding carboxylic acids is 3. The van der Waals surface area contributed by atoms with Gasteiger partial charge in [-0.05, 0) is 32.8 Å². The molecule has 2 atom stereocenters. The zero-order valence-corrected chi connectivity index (χ0v) is 16.3. The van der Waals surface area contributed by atoms with E-state index in [4.69, 9.17) is 4.74 Å². The van der Waals surface area contributed by atoms with E-state index in [-0.39, 0.29) is 24.3 Å². The van der Waals surface area contributed by atoms with Crippen LogP contribution in [0.2, 0.25) is 0 Å². The lowest BCUT2D eigenvalue weighted by Gasteiger charge is -2.22. The third-order valence-corrected chi connectivity index (χ3v) is 3.60. The molecule has 0 unspecified atom stereocenters. The van der Waals surface area contributed by atoms with Gasteiger partial charge in [-0.3, -0.25) is 14.4 Å². The molecule has 0 bridgehead atoms. The summed E-state index contributed by atoms with van der Waals surface area (Å²) in [6.07, 6.45) is 0.633. The van der Waals surface area contributed by atoms with E-state index in [1.54, 1.807) is 27.7 Å². The molecular formula is C20H30N2O4. The fraction of sp³-hybridized carbons (Fsp3) is 0.550. The van der Waals surface area contributed by atoms with E-state index in [0.29, 0.717) is 13.0 Å². The van der Waals surface area contributed by atoms with Gasteiger partial charge in [0, 0.05) is 19.4 Å². The van der Waals surface area contributed by atoms with Crippen molar-refractivity contribution in [2.45, 2.75) is 59.1 Å². The molecule has 0 fully saturated rings. The highest BCUT2D eigenvalue weighted by atomic mass is 16.6. The normalized spacial score (nSPS) is 13.4. The van der Waals surface area contributed by atoms with Crippen molar-refractivity contribution in [2.24, 2.45) is 5.92 Å². The Hall–Kier alpha value is -2.37. The molecule has 6 heteroatoms. The predicted octanol–water partition coefficient (Wildman–Crippen LogP) is 2.22. The average Bonchev–Trinajstić information content (AvgIpc) is 2.50. The Morgan fingerprint density at radius 3 is 2.27 bits per heavy atom. The summed E-state index contributed by atoms with van der Waals surface area (Å²) in [5, 5.41) is 5.66. The molecule has 2 amide bonds. The van der Waals surface area contributed by atoms with Gasteiger partial charge >= 0.3 is 5.97 Å². The van der Waals surface area contributed by atoms with Crippen molar-refractivity contribution in [3.05, 3.63) is 35.9 Å². The van der Waals surface area contributed by atoms with Gasteiger partial charge in [0.1, 0.15) is 5.60 Å². The van der Waals surface area contributed by atoms with Crippen molar-refractivity contribution < 1.29 is 19.1 Å². The lowest BCUT2D eigenvalue weighted by Crippen LogP contribution is -2.45. The largest absolute Gasteiger partial charge is 0.460 e. The van der Waals surface area contributed by atoms with Crippen LogP contribution in [0.1, 0.15) is 46.6 Å². The average molecular weight is 362 g/mol. The molecular weight excluding hydrogens is 332 g/mol. The molecule has 0 saturated carbocycles. The van der Waals surface area contributed by atoms with Crippen molar-refractivity contribution in [3.63, 3.8) is 0 Å². The maximum absolute atomic E-state index is 12.3. The highest BCUT2D eigenvalue weighted by molar-refractivity contribution is 5.83. The van der Waals surface area contributed by atoms with E-state index in [9.17, 15) is 14.4 Å². The van der Waals surface area contributed by atoms with E-state index in [1.807, 2.05) is 30.3 Å². The third-order valence-electron chi connectivity index (χ3n) is 3.60. The Labute approximate surface area is 155 Å². The Kier molecular flexibility index (Phi) is 8.29. The van der Waals surface area contributed by atoms with Crippen LogP contribution in [0.15, 0.2) is 30.3 Å². The van der Waals surface area contributed by atoms with Crippen LogP contribution in [-0.4, -0.2) is 36.0 Å². The summed E-state index contributed by atoms with van der Waals surface area (Å²) in [6, 6.07) is 9.52. The van der Waals surface area contributed by atoms with Crippen LogP contribution < -0.4 is 10.6 Å². The molecule has 0 aliphatic heterocycles. The molecule has 6 nitrogen and oxygen atoms in total. The van der Waals surface area contributed by atoms with Crippen molar-refractivity contribution in [2.75, 3.05) is 6.54 Å². The van der Waals surface area contributed by atoms with Gasteiger partial charge < -0.3 is 15.4 Å².